The van der Waals surface area contributed by atoms with Crippen LogP contribution >= 0.6 is 11.8 Å². The summed E-state index contributed by atoms with van der Waals surface area (Å²) in [7, 11) is 0. The molecule has 5 heteroatoms. The molecule has 0 bridgehead atoms. The van der Waals surface area contributed by atoms with Crippen molar-refractivity contribution in [3.05, 3.63) is 23.4 Å². The van der Waals surface area contributed by atoms with Gasteiger partial charge in [0.25, 0.3) is 5.91 Å². The molecule has 1 aromatic heterocycles. The highest BCUT2D eigenvalue weighted by Crippen LogP contribution is 2.12. The van der Waals surface area contributed by atoms with E-state index in [1.165, 1.54) is 0 Å². The van der Waals surface area contributed by atoms with Crippen molar-refractivity contribution < 1.29 is 4.79 Å². The summed E-state index contributed by atoms with van der Waals surface area (Å²) in [6.45, 7) is 5.69. The van der Waals surface area contributed by atoms with Gasteiger partial charge in [0, 0.05) is 24.3 Å². The number of pyridine rings is 1. The topological polar surface area (TPSA) is 54.0 Å². The first-order valence-corrected chi connectivity index (χ1v) is 9.12. The van der Waals surface area contributed by atoms with E-state index in [9.17, 15) is 4.79 Å². The van der Waals surface area contributed by atoms with Crippen molar-refractivity contribution in [2.24, 2.45) is 0 Å². The fraction of sp³-hybridized carbons (Fsp3) is 0.625. The van der Waals surface area contributed by atoms with Gasteiger partial charge in [0.1, 0.15) is 5.82 Å². The summed E-state index contributed by atoms with van der Waals surface area (Å²) in [6, 6.07) is 3.74. The van der Waals surface area contributed by atoms with Gasteiger partial charge in [-0.3, -0.25) is 4.79 Å². The first kappa shape index (κ1) is 17.8. The van der Waals surface area contributed by atoms with E-state index in [1.807, 2.05) is 30.8 Å². The number of aromatic nitrogens is 1. The van der Waals surface area contributed by atoms with Crippen molar-refractivity contribution in [2.45, 2.75) is 39.5 Å². The molecule has 0 saturated carbocycles. The highest BCUT2D eigenvalue weighted by atomic mass is 32.2. The quantitative estimate of drug-likeness (QED) is 0.651. The van der Waals surface area contributed by atoms with Crippen LogP contribution in [0.25, 0.3) is 0 Å². The molecule has 0 aliphatic rings. The summed E-state index contributed by atoms with van der Waals surface area (Å²) in [5.74, 6) is 1.94. The van der Waals surface area contributed by atoms with Gasteiger partial charge in [0.05, 0.1) is 0 Å². The second-order valence-electron chi connectivity index (χ2n) is 4.97. The maximum absolute atomic E-state index is 12.2. The Morgan fingerprint density at radius 3 is 2.76 bits per heavy atom. The van der Waals surface area contributed by atoms with Gasteiger partial charge in [0.2, 0.25) is 0 Å². The molecule has 0 aliphatic heterocycles. The van der Waals surface area contributed by atoms with E-state index >= 15 is 0 Å². The van der Waals surface area contributed by atoms with Gasteiger partial charge >= 0.3 is 0 Å². The van der Waals surface area contributed by atoms with Crippen LogP contribution in [0.3, 0.4) is 0 Å². The monoisotopic (exact) mass is 309 g/mol. The zero-order valence-electron chi connectivity index (χ0n) is 13.4. The number of unbranched alkanes of at least 4 members (excludes halogenated alkanes) is 1. The number of carbonyl (C=O) groups excluding carboxylic acids is 1. The minimum Gasteiger partial charge on any atom is -0.370 e. The van der Waals surface area contributed by atoms with Crippen LogP contribution in [-0.4, -0.2) is 36.0 Å². The van der Waals surface area contributed by atoms with E-state index in [1.54, 1.807) is 0 Å². The molecule has 1 amide bonds. The molecule has 0 spiro atoms. The Bertz CT molecular complexity index is 413. The first-order chi connectivity index (χ1) is 10.2. The van der Waals surface area contributed by atoms with Crippen LogP contribution in [0.15, 0.2) is 12.1 Å². The predicted octanol–water partition coefficient (Wildman–Crippen LogP) is 3.34. The zero-order valence-corrected chi connectivity index (χ0v) is 14.2. The van der Waals surface area contributed by atoms with Gasteiger partial charge in [-0.25, -0.2) is 4.98 Å². The summed E-state index contributed by atoms with van der Waals surface area (Å²) in [4.78, 5) is 16.7. The summed E-state index contributed by atoms with van der Waals surface area (Å²) in [5, 5.41) is 6.18. The van der Waals surface area contributed by atoms with Gasteiger partial charge in [-0.1, -0.05) is 13.3 Å². The number of nitrogens with one attached hydrogen (secondary N) is 2. The molecule has 2 N–H and O–H groups in total. The Morgan fingerprint density at radius 1 is 1.29 bits per heavy atom. The largest absolute Gasteiger partial charge is 0.370 e. The van der Waals surface area contributed by atoms with Crippen LogP contribution in [0.5, 0.6) is 0 Å². The summed E-state index contributed by atoms with van der Waals surface area (Å²) in [6.07, 6.45) is 6.19. The minimum atomic E-state index is -0.00180. The number of aryl methyl sites for hydroxylation is 1. The van der Waals surface area contributed by atoms with Crippen LogP contribution in [0.4, 0.5) is 5.82 Å². The molecule has 0 aromatic carbocycles. The smallest absolute Gasteiger partial charge is 0.251 e. The Hall–Kier alpha value is -1.23. The van der Waals surface area contributed by atoms with E-state index in [4.69, 9.17) is 0 Å². The van der Waals surface area contributed by atoms with Crippen molar-refractivity contribution in [2.75, 3.05) is 30.4 Å². The average Bonchev–Trinajstić information content (AvgIpc) is 2.47. The molecule has 0 unspecified atom stereocenters. The van der Waals surface area contributed by atoms with Crippen molar-refractivity contribution in [3.8, 4) is 0 Å². The fourth-order valence-corrected chi connectivity index (χ4v) is 2.54. The van der Waals surface area contributed by atoms with Gasteiger partial charge in [-0.15, -0.1) is 0 Å². The molecule has 118 valence electrons. The van der Waals surface area contributed by atoms with E-state index < -0.39 is 0 Å². The van der Waals surface area contributed by atoms with E-state index in [-0.39, 0.29) is 5.91 Å². The van der Waals surface area contributed by atoms with Crippen molar-refractivity contribution >= 4 is 23.5 Å². The minimum absolute atomic E-state index is 0.00180. The second kappa shape index (κ2) is 10.5. The molecule has 0 fully saturated rings. The van der Waals surface area contributed by atoms with Gasteiger partial charge in [-0.05, 0) is 50.3 Å². The predicted molar refractivity (Wildman–Crippen MR) is 92.3 cm³/mol. The van der Waals surface area contributed by atoms with Crippen LogP contribution in [0.1, 0.15) is 49.2 Å². The van der Waals surface area contributed by atoms with Gasteiger partial charge in [0.15, 0.2) is 0 Å². The molecule has 4 nitrogen and oxygen atoms in total. The summed E-state index contributed by atoms with van der Waals surface area (Å²) < 4.78 is 0. The molecule has 1 rings (SSSR count). The summed E-state index contributed by atoms with van der Waals surface area (Å²) in [5.41, 5.74) is 1.68. The Labute approximate surface area is 132 Å². The van der Waals surface area contributed by atoms with Crippen LogP contribution < -0.4 is 10.6 Å². The first-order valence-electron chi connectivity index (χ1n) is 7.73. The number of anilines is 1. The highest BCUT2D eigenvalue weighted by molar-refractivity contribution is 7.98. The van der Waals surface area contributed by atoms with Crippen molar-refractivity contribution in [1.82, 2.24) is 10.3 Å². The highest BCUT2D eigenvalue weighted by Gasteiger charge is 2.09. The number of thioether (sulfide) groups is 1. The molecule has 1 heterocycles. The lowest BCUT2D eigenvalue weighted by Gasteiger charge is -2.10. The number of nitrogens with zero attached hydrogens (tertiary/aromatic N) is 1. The molecular weight excluding hydrogens is 282 g/mol. The van der Waals surface area contributed by atoms with Gasteiger partial charge in [-0.2, -0.15) is 11.8 Å². The lowest BCUT2D eigenvalue weighted by atomic mass is 10.1. The zero-order chi connectivity index (χ0) is 15.5. The third-order valence-electron chi connectivity index (χ3n) is 3.07. The van der Waals surface area contributed by atoms with Crippen LogP contribution in [0.2, 0.25) is 0 Å². The number of hydrogen-bond acceptors (Lipinski definition) is 4. The normalized spacial score (nSPS) is 10.4. The molecule has 0 aliphatic carbocycles. The third kappa shape index (κ3) is 6.85. The standard InChI is InChI=1S/C16H27N3OS/c1-4-8-14-11-13(12-15(19-14)17-5-2)16(20)18-9-6-7-10-21-3/h11-12H,4-10H2,1-3H3,(H,17,19)(H,18,20). The number of hydrogen-bond donors (Lipinski definition) is 2. The fourth-order valence-electron chi connectivity index (χ4n) is 2.05. The van der Waals surface area contributed by atoms with Crippen molar-refractivity contribution in [1.29, 1.82) is 0 Å². The summed E-state index contributed by atoms with van der Waals surface area (Å²) >= 11 is 1.84. The van der Waals surface area contributed by atoms with Crippen molar-refractivity contribution in [3.63, 3.8) is 0 Å². The Morgan fingerprint density at radius 2 is 2.10 bits per heavy atom. The Kier molecular flexibility index (Phi) is 8.90. The van der Waals surface area contributed by atoms with Gasteiger partial charge < -0.3 is 10.6 Å². The third-order valence-corrected chi connectivity index (χ3v) is 3.76. The maximum Gasteiger partial charge on any atom is 0.251 e. The lowest BCUT2D eigenvalue weighted by Crippen LogP contribution is -2.25. The molecule has 0 radical (unpaired) electrons. The lowest BCUT2D eigenvalue weighted by molar-refractivity contribution is 0.0953. The average molecular weight is 309 g/mol. The number of amides is 1. The maximum atomic E-state index is 12.2. The molecule has 21 heavy (non-hydrogen) atoms. The SMILES string of the molecule is CCCc1cc(C(=O)NCCCCSC)cc(NCC)n1. The van der Waals surface area contributed by atoms with Crippen LogP contribution in [-0.2, 0) is 6.42 Å². The molecular formula is C16H27N3OS. The number of carbonyl (C=O) groups is 1. The van der Waals surface area contributed by atoms with Crippen LogP contribution in [0, 0.1) is 0 Å². The second-order valence-corrected chi connectivity index (χ2v) is 5.95. The number of rotatable bonds is 10. The van der Waals surface area contributed by atoms with E-state index in [0.717, 1.165) is 56.0 Å². The molecule has 0 atom stereocenters. The van der Waals surface area contributed by atoms with E-state index in [2.05, 4.69) is 28.8 Å². The van der Waals surface area contributed by atoms with E-state index in [0.29, 0.717) is 5.56 Å². The molecule has 0 saturated heterocycles. The Balaban J connectivity index is 2.64. The molecule has 1 aromatic rings.